The van der Waals surface area contributed by atoms with E-state index in [0.29, 0.717) is 11.6 Å². The number of amides is 1. The van der Waals surface area contributed by atoms with Gasteiger partial charge in [-0.2, -0.15) is 10.2 Å². The third kappa shape index (κ3) is 3.65. The van der Waals surface area contributed by atoms with E-state index in [2.05, 4.69) is 15.5 Å². The van der Waals surface area contributed by atoms with Crippen LogP contribution in [0.4, 0.5) is 5.69 Å². The van der Waals surface area contributed by atoms with Crippen molar-refractivity contribution in [2.75, 3.05) is 5.32 Å². The smallest absolute Gasteiger partial charge is 0.246 e. The Hall–Kier alpha value is -2.60. The van der Waals surface area contributed by atoms with Gasteiger partial charge in [0.1, 0.15) is 6.54 Å². The van der Waals surface area contributed by atoms with Crippen LogP contribution in [0.5, 0.6) is 0 Å². The lowest BCUT2D eigenvalue weighted by atomic mass is 10.2. The van der Waals surface area contributed by atoms with E-state index in [1.807, 2.05) is 55.1 Å². The van der Waals surface area contributed by atoms with Gasteiger partial charge in [0.15, 0.2) is 0 Å². The summed E-state index contributed by atoms with van der Waals surface area (Å²) in [5, 5.41) is 11.9. The number of hydrogen-bond acceptors (Lipinski definition) is 3. The highest BCUT2D eigenvalue weighted by Gasteiger charge is 2.12. The van der Waals surface area contributed by atoms with E-state index in [0.717, 1.165) is 22.6 Å². The number of carbonyl (C=O) groups excluding carboxylic acids is 1. The lowest BCUT2D eigenvalue weighted by molar-refractivity contribution is -0.116. The predicted octanol–water partition coefficient (Wildman–Crippen LogP) is 3.04. The number of hydrogen-bond donors (Lipinski definition) is 1. The summed E-state index contributed by atoms with van der Waals surface area (Å²) in [4.78, 5) is 12.3. The maximum Gasteiger partial charge on any atom is 0.246 e. The molecule has 2 heterocycles. The van der Waals surface area contributed by atoms with E-state index in [1.165, 1.54) is 0 Å². The van der Waals surface area contributed by atoms with Crippen molar-refractivity contribution in [1.82, 2.24) is 19.6 Å². The Labute approximate surface area is 145 Å². The monoisotopic (exact) mass is 343 g/mol. The molecule has 0 radical (unpaired) electrons. The molecule has 0 unspecified atom stereocenters. The molecular weight excluding hydrogens is 326 g/mol. The van der Waals surface area contributed by atoms with Gasteiger partial charge in [-0.1, -0.05) is 23.7 Å². The minimum atomic E-state index is -0.145. The van der Waals surface area contributed by atoms with Crippen LogP contribution < -0.4 is 5.32 Å². The first-order valence-electron chi connectivity index (χ1n) is 7.58. The molecule has 0 atom stereocenters. The number of aryl methyl sites for hydroxylation is 1. The summed E-state index contributed by atoms with van der Waals surface area (Å²) in [6.45, 7) is 4.45. The van der Waals surface area contributed by atoms with Crippen LogP contribution in [0.1, 0.15) is 17.0 Å². The zero-order valence-corrected chi connectivity index (χ0v) is 14.3. The third-order valence-electron chi connectivity index (χ3n) is 3.70. The van der Waals surface area contributed by atoms with E-state index in [-0.39, 0.29) is 12.5 Å². The molecule has 24 heavy (non-hydrogen) atoms. The second-order valence-corrected chi connectivity index (χ2v) is 5.97. The number of benzene rings is 1. The summed E-state index contributed by atoms with van der Waals surface area (Å²) in [6, 6.07) is 9.59. The normalized spacial score (nSPS) is 10.8. The fourth-order valence-electron chi connectivity index (χ4n) is 2.49. The SMILES string of the molecule is Cc1nn(CC(=O)Nc2cccc(Cn3cccn3)c2)c(C)c1Cl. The fourth-order valence-corrected chi connectivity index (χ4v) is 2.63. The number of carbonyl (C=O) groups is 1. The van der Waals surface area contributed by atoms with Crippen molar-refractivity contribution in [2.45, 2.75) is 26.9 Å². The lowest BCUT2D eigenvalue weighted by Gasteiger charge is -2.09. The molecule has 0 spiro atoms. The molecule has 1 N–H and O–H groups in total. The molecule has 124 valence electrons. The zero-order valence-electron chi connectivity index (χ0n) is 13.5. The highest BCUT2D eigenvalue weighted by Crippen LogP contribution is 2.19. The van der Waals surface area contributed by atoms with Crippen LogP contribution in [-0.2, 0) is 17.9 Å². The van der Waals surface area contributed by atoms with Crippen molar-refractivity contribution in [3.05, 3.63) is 64.7 Å². The van der Waals surface area contributed by atoms with Crippen molar-refractivity contribution >= 4 is 23.2 Å². The molecule has 0 fully saturated rings. The van der Waals surface area contributed by atoms with Crippen LogP contribution >= 0.6 is 11.6 Å². The van der Waals surface area contributed by atoms with Crippen molar-refractivity contribution in [3.63, 3.8) is 0 Å². The molecule has 2 aromatic heterocycles. The standard InChI is InChI=1S/C17H18ClN5O/c1-12-17(18)13(2)23(21-12)11-16(24)20-15-6-3-5-14(9-15)10-22-8-4-7-19-22/h3-9H,10-11H2,1-2H3,(H,20,24). The molecule has 6 nitrogen and oxygen atoms in total. The Morgan fingerprint density at radius 2 is 2.12 bits per heavy atom. The van der Waals surface area contributed by atoms with Gasteiger partial charge in [-0.25, -0.2) is 0 Å². The largest absolute Gasteiger partial charge is 0.324 e. The number of rotatable bonds is 5. The molecule has 1 aromatic carbocycles. The van der Waals surface area contributed by atoms with E-state index < -0.39 is 0 Å². The van der Waals surface area contributed by atoms with Crippen LogP contribution in [-0.4, -0.2) is 25.5 Å². The summed E-state index contributed by atoms with van der Waals surface area (Å²) >= 11 is 6.11. The lowest BCUT2D eigenvalue weighted by Crippen LogP contribution is -2.20. The van der Waals surface area contributed by atoms with Crippen LogP contribution in [0.3, 0.4) is 0 Å². The average molecular weight is 344 g/mol. The predicted molar refractivity (Wildman–Crippen MR) is 93.1 cm³/mol. The molecule has 0 aliphatic carbocycles. The quantitative estimate of drug-likeness (QED) is 0.774. The van der Waals surface area contributed by atoms with Crippen molar-refractivity contribution in [3.8, 4) is 0 Å². The van der Waals surface area contributed by atoms with Gasteiger partial charge >= 0.3 is 0 Å². The van der Waals surface area contributed by atoms with Gasteiger partial charge in [0.2, 0.25) is 5.91 Å². The fraction of sp³-hybridized carbons (Fsp3) is 0.235. The molecule has 0 aliphatic heterocycles. The maximum atomic E-state index is 12.3. The minimum absolute atomic E-state index is 0.128. The summed E-state index contributed by atoms with van der Waals surface area (Å²) < 4.78 is 3.44. The maximum absolute atomic E-state index is 12.3. The van der Waals surface area contributed by atoms with Gasteiger partial charge in [-0.15, -0.1) is 0 Å². The number of halogens is 1. The number of aromatic nitrogens is 4. The Kier molecular flexibility index (Phi) is 4.66. The van der Waals surface area contributed by atoms with E-state index in [4.69, 9.17) is 11.6 Å². The van der Waals surface area contributed by atoms with Crippen LogP contribution in [0, 0.1) is 13.8 Å². The molecule has 3 rings (SSSR count). The van der Waals surface area contributed by atoms with E-state index >= 15 is 0 Å². The van der Waals surface area contributed by atoms with E-state index in [1.54, 1.807) is 10.9 Å². The Balaban J connectivity index is 1.67. The Bertz CT molecular complexity index is 854. The molecule has 3 aromatic rings. The Morgan fingerprint density at radius 3 is 2.79 bits per heavy atom. The second-order valence-electron chi connectivity index (χ2n) is 5.59. The molecule has 0 saturated carbocycles. The molecule has 0 aliphatic rings. The molecule has 0 saturated heterocycles. The summed E-state index contributed by atoms with van der Waals surface area (Å²) in [5.41, 5.74) is 3.32. The number of anilines is 1. The Morgan fingerprint density at radius 1 is 1.29 bits per heavy atom. The number of nitrogens with one attached hydrogen (secondary N) is 1. The first-order chi connectivity index (χ1) is 11.5. The minimum Gasteiger partial charge on any atom is -0.324 e. The van der Waals surface area contributed by atoms with Crippen LogP contribution in [0.15, 0.2) is 42.7 Å². The first kappa shape index (κ1) is 16.3. The molecule has 0 bridgehead atoms. The van der Waals surface area contributed by atoms with Crippen molar-refractivity contribution in [2.24, 2.45) is 0 Å². The zero-order chi connectivity index (χ0) is 17.1. The first-order valence-corrected chi connectivity index (χ1v) is 7.96. The highest BCUT2D eigenvalue weighted by molar-refractivity contribution is 6.31. The average Bonchev–Trinajstić information content (AvgIpc) is 3.13. The summed E-state index contributed by atoms with van der Waals surface area (Å²) in [6.07, 6.45) is 3.64. The van der Waals surface area contributed by atoms with Gasteiger partial charge in [0, 0.05) is 18.1 Å². The van der Waals surface area contributed by atoms with Crippen LogP contribution in [0.2, 0.25) is 5.02 Å². The highest BCUT2D eigenvalue weighted by atomic mass is 35.5. The molecule has 7 heteroatoms. The van der Waals surface area contributed by atoms with Crippen LogP contribution in [0.25, 0.3) is 0 Å². The molecule has 1 amide bonds. The van der Waals surface area contributed by atoms with E-state index in [9.17, 15) is 4.79 Å². The van der Waals surface area contributed by atoms with Gasteiger partial charge < -0.3 is 5.32 Å². The van der Waals surface area contributed by atoms with Gasteiger partial charge in [0.05, 0.1) is 23.0 Å². The van der Waals surface area contributed by atoms with Gasteiger partial charge in [-0.05, 0) is 37.6 Å². The molecular formula is C17H18ClN5O. The number of nitrogens with zero attached hydrogens (tertiary/aromatic N) is 4. The van der Waals surface area contributed by atoms with Crippen molar-refractivity contribution < 1.29 is 4.79 Å². The van der Waals surface area contributed by atoms with Gasteiger partial charge in [-0.3, -0.25) is 14.2 Å². The van der Waals surface area contributed by atoms with Crippen molar-refractivity contribution in [1.29, 1.82) is 0 Å². The third-order valence-corrected chi connectivity index (χ3v) is 4.25. The van der Waals surface area contributed by atoms with Gasteiger partial charge in [0.25, 0.3) is 0 Å². The summed E-state index contributed by atoms with van der Waals surface area (Å²) in [5.74, 6) is -0.145. The second kappa shape index (κ2) is 6.88. The summed E-state index contributed by atoms with van der Waals surface area (Å²) in [7, 11) is 0. The topological polar surface area (TPSA) is 64.7 Å².